The van der Waals surface area contributed by atoms with Gasteiger partial charge in [0.1, 0.15) is 28.9 Å². The Balaban J connectivity index is 1.53. The van der Waals surface area contributed by atoms with E-state index < -0.39 is 29.2 Å². The fraction of sp³-hybridized carbons (Fsp3) is 0.333. The quantitative estimate of drug-likeness (QED) is 0.208. The number of allylic oxidation sites excluding steroid dienone is 1. The number of carbonyl (C=O) groups excluding carboxylic acids is 3. The molecule has 11 nitrogen and oxygen atoms in total. The zero-order chi connectivity index (χ0) is 22.1. The number of hydrogen-bond acceptors (Lipinski definition) is 9. The van der Waals surface area contributed by atoms with Crippen LogP contribution < -0.4 is 10.6 Å². The number of β-lactam (4-membered cyclic amide) rings is 1. The first-order valence-electron chi connectivity index (χ1n) is 9.19. The van der Waals surface area contributed by atoms with Gasteiger partial charge >= 0.3 is 5.97 Å². The minimum absolute atomic E-state index is 0.0654. The van der Waals surface area contributed by atoms with E-state index in [0.29, 0.717) is 17.7 Å². The Bertz CT molecular complexity index is 1030. The number of thiazole rings is 1. The fourth-order valence-corrected chi connectivity index (χ4v) is 5.01. The number of aliphatic carboxylic acids is 1. The zero-order valence-electron chi connectivity index (χ0n) is 15.9. The summed E-state index contributed by atoms with van der Waals surface area (Å²) in [6, 6.07) is -0.921. The van der Waals surface area contributed by atoms with Gasteiger partial charge in [-0.05, 0) is 18.4 Å². The van der Waals surface area contributed by atoms with E-state index in [0.717, 1.165) is 29.1 Å². The molecule has 2 atom stereocenters. The highest BCUT2D eigenvalue weighted by Gasteiger charge is 2.54. The van der Waals surface area contributed by atoms with Crippen LogP contribution in [0.3, 0.4) is 0 Å². The number of thioether (sulfide) groups is 1. The molecule has 3 N–H and O–H groups in total. The summed E-state index contributed by atoms with van der Waals surface area (Å²) in [6.07, 6.45) is 3.48. The second-order valence-electron chi connectivity index (χ2n) is 6.79. The van der Waals surface area contributed by atoms with Gasteiger partial charge in [-0.25, -0.2) is 9.78 Å². The van der Waals surface area contributed by atoms with Crippen LogP contribution in [0.1, 0.15) is 18.5 Å². The first-order valence-corrected chi connectivity index (χ1v) is 11.1. The number of hydrogen-bond donors (Lipinski definition) is 3. The molecule has 0 bridgehead atoms. The number of oxime groups is 1. The number of nitrogens with zero attached hydrogens (tertiary/aromatic N) is 3. The van der Waals surface area contributed by atoms with Crippen molar-refractivity contribution >= 4 is 58.1 Å². The molecule has 1 aromatic rings. The molecule has 0 aromatic carbocycles. The van der Waals surface area contributed by atoms with Crippen LogP contribution in [-0.4, -0.2) is 68.2 Å². The topological polar surface area (TPSA) is 150 Å². The summed E-state index contributed by atoms with van der Waals surface area (Å²) in [5.74, 6) is -2.09. The summed E-state index contributed by atoms with van der Waals surface area (Å²) in [5, 5.41) is 19.7. The number of carboxylic acid groups (broad SMARTS) is 1. The molecular weight excluding hydrogens is 446 g/mol. The lowest BCUT2D eigenvalue weighted by Crippen LogP contribution is -2.71. The highest BCUT2D eigenvalue weighted by atomic mass is 32.2. The normalized spacial score (nSPS) is 22.9. The van der Waals surface area contributed by atoms with Crippen molar-refractivity contribution in [2.75, 3.05) is 11.1 Å². The third-order valence-electron chi connectivity index (χ3n) is 4.70. The Morgan fingerprint density at radius 3 is 2.84 bits per heavy atom. The Labute approximate surface area is 184 Å². The van der Waals surface area contributed by atoms with Crippen LogP contribution in [0.2, 0.25) is 0 Å². The number of aromatic nitrogens is 1. The maximum atomic E-state index is 12.9. The van der Waals surface area contributed by atoms with Gasteiger partial charge in [0.2, 0.25) is 6.41 Å². The average Bonchev–Trinajstić information content (AvgIpc) is 3.48. The van der Waals surface area contributed by atoms with Gasteiger partial charge in [0.05, 0.1) is 0 Å². The van der Waals surface area contributed by atoms with Crippen LogP contribution in [0, 0.1) is 0 Å². The Kier molecular flexibility index (Phi) is 5.78. The SMILES string of the molecule is C=CC1=C(C(=O)O)N2C(=O)[C@@H](NC(=O)C(=NOC3CC3)c3csc(NC=O)n3)[C@@H]2SC1. The van der Waals surface area contributed by atoms with Crippen LogP contribution in [0.25, 0.3) is 0 Å². The Hall–Kier alpha value is -3.19. The van der Waals surface area contributed by atoms with E-state index in [1.54, 1.807) is 0 Å². The van der Waals surface area contributed by atoms with Crippen molar-refractivity contribution in [1.82, 2.24) is 15.2 Å². The van der Waals surface area contributed by atoms with Gasteiger partial charge in [0.25, 0.3) is 11.8 Å². The molecule has 31 heavy (non-hydrogen) atoms. The molecule has 0 spiro atoms. The van der Waals surface area contributed by atoms with E-state index >= 15 is 0 Å². The number of amides is 3. The lowest BCUT2D eigenvalue weighted by molar-refractivity contribution is -0.150. The number of fused-ring (bicyclic) bond motifs is 1. The molecule has 2 fully saturated rings. The highest BCUT2D eigenvalue weighted by molar-refractivity contribution is 8.00. The minimum Gasteiger partial charge on any atom is -0.477 e. The van der Waals surface area contributed by atoms with Crippen LogP contribution in [0.5, 0.6) is 0 Å². The molecule has 3 amide bonds. The van der Waals surface area contributed by atoms with Gasteiger partial charge in [-0.15, -0.1) is 23.1 Å². The Morgan fingerprint density at radius 1 is 1.42 bits per heavy atom. The van der Waals surface area contributed by atoms with Crippen LogP contribution >= 0.6 is 23.1 Å². The van der Waals surface area contributed by atoms with Gasteiger partial charge in [-0.3, -0.25) is 19.3 Å². The van der Waals surface area contributed by atoms with Crippen LogP contribution in [0.4, 0.5) is 5.13 Å². The van der Waals surface area contributed by atoms with Crippen molar-refractivity contribution < 1.29 is 29.1 Å². The summed E-state index contributed by atoms with van der Waals surface area (Å²) in [7, 11) is 0. The lowest BCUT2D eigenvalue weighted by atomic mass is 10.0. The van der Waals surface area contributed by atoms with Crippen LogP contribution in [-0.2, 0) is 24.0 Å². The number of nitrogens with one attached hydrogen (secondary N) is 2. The first-order chi connectivity index (χ1) is 14.9. The summed E-state index contributed by atoms with van der Waals surface area (Å²) in [5.41, 5.74) is 0.386. The third kappa shape index (κ3) is 4.05. The number of rotatable bonds is 9. The van der Waals surface area contributed by atoms with Gasteiger partial charge in [-0.2, -0.15) is 0 Å². The summed E-state index contributed by atoms with van der Waals surface area (Å²) in [4.78, 5) is 58.4. The van der Waals surface area contributed by atoms with Gasteiger partial charge in [-0.1, -0.05) is 17.8 Å². The molecule has 4 rings (SSSR count). The van der Waals surface area contributed by atoms with Crippen molar-refractivity contribution in [3.05, 3.63) is 35.0 Å². The highest BCUT2D eigenvalue weighted by Crippen LogP contribution is 2.40. The van der Waals surface area contributed by atoms with Crippen molar-refractivity contribution in [1.29, 1.82) is 0 Å². The molecule has 1 saturated carbocycles. The predicted molar refractivity (Wildman–Crippen MR) is 112 cm³/mol. The minimum atomic E-state index is -1.23. The molecule has 0 radical (unpaired) electrons. The molecule has 2 aliphatic heterocycles. The van der Waals surface area contributed by atoms with Crippen molar-refractivity contribution in [2.24, 2.45) is 5.16 Å². The van der Waals surface area contributed by atoms with Gasteiger partial charge in [0.15, 0.2) is 10.8 Å². The molecule has 1 aromatic heterocycles. The van der Waals surface area contributed by atoms with E-state index in [4.69, 9.17) is 4.84 Å². The standard InChI is InChI=1S/C18H17N5O6S2/c1-2-8-5-30-16-12(15(26)23(16)13(8)17(27)28)21-14(25)11(22-29-9-3-4-9)10-6-31-18(20-10)19-7-24/h2,6-7,9,12,16H,1,3-5H2,(H,21,25)(H,27,28)(H,19,20,24)/t12-,16+/m1/s1. The van der Waals surface area contributed by atoms with Gasteiger partial charge < -0.3 is 20.6 Å². The van der Waals surface area contributed by atoms with Crippen LogP contribution in [0.15, 0.2) is 34.5 Å². The smallest absolute Gasteiger partial charge is 0.352 e. The first kappa shape index (κ1) is 21.1. The molecule has 162 valence electrons. The number of carbonyl (C=O) groups is 4. The third-order valence-corrected chi connectivity index (χ3v) is 6.77. The van der Waals surface area contributed by atoms with E-state index in [1.807, 2.05) is 0 Å². The van der Waals surface area contributed by atoms with E-state index in [2.05, 4.69) is 27.4 Å². The fourth-order valence-electron chi connectivity index (χ4n) is 3.01. The number of anilines is 1. The average molecular weight is 463 g/mol. The molecule has 13 heteroatoms. The summed E-state index contributed by atoms with van der Waals surface area (Å²) < 4.78 is 0. The predicted octanol–water partition coefficient (Wildman–Crippen LogP) is 0.519. The van der Waals surface area contributed by atoms with Crippen molar-refractivity contribution in [3.63, 3.8) is 0 Å². The molecule has 3 heterocycles. The molecule has 1 saturated heterocycles. The molecule has 0 unspecified atom stereocenters. The monoisotopic (exact) mass is 463 g/mol. The zero-order valence-corrected chi connectivity index (χ0v) is 17.6. The summed E-state index contributed by atoms with van der Waals surface area (Å²) in [6.45, 7) is 3.60. The second kappa shape index (κ2) is 8.51. The Morgan fingerprint density at radius 2 is 2.19 bits per heavy atom. The molecule has 1 aliphatic carbocycles. The largest absolute Gasteiger partial charge is 0.477 e. The molecular formula is C18H17N5O6S2. The van der Waals surface area contributed by atoms with Gasteiger partial charge in [0, 0.05) is 11.1 Å². The van der Waals surface area contributed by atoms with E-state index in [1.165, 1.54) is 23.2 Å². The maximum Gasteiger partial charge on any atom is 0.352 e. The lowest BCUT2D eigenvalue weighted by Gasteiger charge is -2.49. The second-order valence-corrected chi connectivity index (χ2v) is 8.75. The maximum absolute atomic E-state index is 12.9. The van der Waals surface area contributed by atoms with Crippen molar-refractivity contribution in [2.45, 2.75) is 30.4 Å². The van der Waals surface area contributed by atoms with E-state index in [9.17, 15) is 24.3 Å². The number of carboxylic acids is 1. The summed E-state index contributed by atoms with van der Waals surface area (Å²) >= 11 is 2.43. The van der Waals surface area contributed by atoms with Crippen molar-refractivity contribution in [3.8, 4) is 0 Å². The van der Waals surface area contributed by atoms with E-state index in [-0.39, 0.29) is 28.3 Å². The molecule has 3 aliphatic rings.